The van der Waals surface area contributed by atoms with E-state index in [0.717, 1.165) is 24.3 Å². The lowest BCUT2D eigenvalue weighted by atomic mass is 10.1. The first-order valence-corrected chi connectivity index (χ1v) is 8.85. The molecule has 1 atom stereocenters. The van der Waals surface area contributed by atoms with Gasteiger partial charge in [-0.05, 0) is 37.7 Å². The van der Waals surface area contributed by atoms with Crippen molar-refractivity contribution in [2.24, 2.45) is 4.99 Å². The Kier molecular flexibility index (Phi) is 9.01. The number of thioether (sulfide) groups is 1. The number of benzene rings is 1. The molecular formula is C16H22F3IN4OS. The van der Waals surface area contributed by atoms with Crippen molar-refractivity contribution >= 4 is 53.3 Å². The van der Waals surface area contributed by atoms with Crippen LogP contribution >= 0.6 is 35.7 Å². The van der Waals surface area contributed by atoms with Crippen LogP contribution in [0.4, 0.5) is 18.9 Å². The van der Waals surface area contributed by atoms with Crippen LogP contribution in [0.2, 0.25) is 0 Å². The van der Waals surface area contributed by atoms with Crippen LogP contribution in [0.1, 0.15) is 19.8 Å². The van der Waals surface area contributed by atoms with Gasteiger partial charge in [-0.3, -0.25) is 9.79 Å². The van der Waals surface area contributed by atoms with E-state index in [4.69, 9.17) is 0 Å². The van der Waals surface area contributed by atoms with E-state index in [9.17, 15) is 18.0 Å². The van der Waals surface area contributed by atoms with Gasteiger partial charge in [0.25, 0.3) is 0 Å². The summed E-state index contributed by atoms with van der Waals surface area (Å²) in [5.41, 5.74) is -0.413. The Morgan fingerprint density at radius 2 is 2.00 bits per heavy atom. The summed E-state index contributed by atoms with van der Waals surface area (Å²) in [6, 6.07) is 1.72. The molecule has 0 saturated carbocycles. The Morgan fingerprint density at radius 3 is 2.62 bits per heavy atom. The predicted molar refractivity (Wildman–Crippen MR) is 110 cm³/mol. The fourth-order valence-electron chi connectivity index (χ4n) is 2.45. The van der Waals surface area contributed by atoms with Crippen LogP contribution in [0, 0.1) is 17.5 Å². The van der Waals surface area contributed by atoms with E-state index >= 15 is 0 Å². The second-order valence-corrected chi connectivity index (χ2v) is 7.63. The summed E-state index contributed by atoms with van der Waals surface area (Å²) in [5.74, 6) is -3.39. The molecule has 0 bridgehead atoms. The summed E-state index contributed by atoms with van der Waals surface area (Å²) < 4.78 is 39.7. The molecule has 1 amide bonds. The molecule has 5 nitrogen and oxygen atoms in total. The molecule has 10 heteroatoms. The minimum atomic E-state index is -1.62. The van der Waals surface area contributed by atoms with E-state index in [0.29, 0.717) is 12.5 Å². The fraction of sp³-hybridized carbons (Fsp3) is 0.500. The van der Waals surface area contributed by atoms with Crippen LogP contribution in [0.15, 0.2) is 17.1 Å². The zero-order valence-corrected chi connectivity index (χ0v) is 17.6. The largest absolute Gasteiger partial charge is 0.355 e. The molecule has 0 aromatic heterocycles. The highest BCUT2D eigenvalue weighted by Crippen LogP contribution is 2.36. The number of nitrogens with one attached hydrogen (secondary N) is 3. The number of hydrogen-bond donors (Lipinski definition) is 3. The Hall–Kier alpha value is -1.17. The van der Waals surface area contributed by atoms with Gasteiger partial charge in [0.15, 0.2) is 23.4 Å². The molecule has 1 heterocycles. The van der Waals surface area contributed by atoms with E-state index in [1.807, 2.05) is 11.8 Å². The first kappa shape index (κ1) is 22.9. The lowest BCUT2D eigenvalue weighted by Gasteiger charge is -2.24. The van der Waals surface area contributed by atoms with Gasteiger partial charge in [0.05, 0.1) is 12.2 Å². The number of aliphatic imine (C=N–C) groups is 1. The van der Waals surface area contributed by atoms with Gasteiger partial charge in [-0.1, -0.05) is 0 Å². The van der Waals surface area contributed by atoms with Crippen molar-refractivity contribution < 1.29 is 18.0 Å². The van der Waals surface area contributed by atoms with E-state index < -0.39 is 29.0 Å². The van der Waals surface area contributed by atoms with Crippen LogP contribution in [-0.2, 0) is 4.79 Å². The Morgan fingerprint density at radius 1 is 1.27 bits per heavy atom. The molecule has 0 aliphatic carbocycles. The molecule has 146 valence electrons. The maximum Gasteiger partial charge on any atom is 0.243 e. The van der Waals surface area contributed by atoms with Crippen molar-refractivity contribution in [3.8, 4) is 0 Å². The SMILES string of the molecule is CN=C(NCC(=O)Nc1ccc(F)c(F)c1F)NCC1(C)CCCS1.I. The lowest BCUT2D eigenvalue weighted by molar-refractivity contribution is -0.115. The molecule has 1 aromatic rings. The van der Waals surface area contributed by atoms with Crippen LogP contribution in [0.3, 0.4) is 0 Å². The highest BCUT2D eigenvalue weighted by molar-refractivity contribution is 14.0. The Bertz CT molecular complexity index is 669. The topological polar surface area (TPSA) is 65.5 Å². The summed E-state index contributed by atoms with van der Waals surface area (Å²) >= 11 is 1.90. The molecule has 1 aromatic carbocycles. The van der Waals surface area contributed by atoms with E-state index in [-0.39, 0.29) is 35.3 Å². The molecule has 1 saturated heterocycles. The standard InChI is InChI=1S/C16H21F3N4OS.HI/c1-16(6-3-7-25-16)9-22-15(20-2)21-8-12(24)23-11-5-4-10(17)13(18)14(11)19;/h4-5H,3,6-9H2,1-2H3,(H,23,24)(H2,20,21,22);1H. The molecule has 1 aliphatic heterocycles. The number of carbonyl (C=O) groups excluding carboxylic acids is 1. The monoisotopic (exact) mass is 502 g/mol. The molecular weight excluding hydrogens is 480 g/mol. The van der Waals surface area contributed by atoms with Gasteiger partial charge in [0, 0.05) is 18.3 Å². The summed E-state index contributed by atoms with van der Waals surface area (Å²) in [5, 5.41) is 8.15. The summed E-state index contributed by atoms with van der Waals surface area (Å²) in [6.45, 7) is 2.68. The van der Waals surface area contributed by atoms with Gasteiger partial charge in [0.2, 0.25) is 5.91 Å². The second-order valence-electron chi connectivity index (χ2n) is 5.95. The first-order valence-electron chi connectivity index (χ1n) is 7.86. The highest BCUT2D eigenvalue weighted by atomic mass is 127. The number of anilines is 1. The third kappa shape index (κ3) is 6.22. The third-order valence-electron chi connectivity index (χ3n) is 3.88. The predicted octanol–water partition coefficient (Wildman–Crippen LogP) is 3.11. The van der Waals surface area contributed by atoms with Crippen LogP contribution in [0.5, 0.6) is 0 Å². The van der Waals surface area contributed by atoms with Crippen molar-refractivity contribution in [3.63, 3.8) is 0 Å². The van der Waals surface area contributed by atoms with Gasteiger partial charge >= 0.3 is 0 Å². The van der Waals surface area contributed by atoms with Crippen LogP contribution < -0.4 is 16.0 Å². The third-order valence-corrected chi connectivity index (χ3v) is 5.42. The number of hydrogen-bond acceptors (Lipinski definition) is 3. The molecule has 26 heavy (non-hydrogen) atoms. The highest BCUT2D eigenvalue weighted by Gasteiger charge is 2.29. The summed E-state index contributed by atoms with van der Waals surface area (Å²) in [4.78, 5) is 15.9. The number of carbonyl (C=O) groups is 1. The number of rotatable bonds is 5. The number of nitrogens with zero attached hydrogens (tertiary/aromatic N) is 1. The normalized spacial score (nSPS) is 19.7. The minimum absolute atomic E-state index is 0. The van der Waals surface area contributed by atoms with Gasteiger partial charge in [0.1, 0.15) is 0 Å². The van der Waals surface area contributed by atoms with Crippen molar-refractivity contribution in [2.75, 3.05) is 31.2 Å². The van der Waals surface area contributed by atoms with Gasteiger partial charge in [-0.25, -0.2) is 13.2 Å². The second kappa shape index (κ2) is 10.2. The summed E-state index contributed by atoms with van der Waals surface area (Å²) in [6.07, 6.45) is 2.29. The molecule has 3 N–H and O–H groups in total. The molecule has 1 aliphatic rings. The molecule has 1 fully saturated rings. The maximum atomic E-state index is 13.5. The Balaban J connectivity index is 0.00000338. The van der Waals surface area contributed by atoms with Crippen LogP contribution in [-0.4, -0.2) is 42.5 Å². The number of halogens is 4. The molecule has 2 rings (SSSR count). The Labute approximate surface area is 172 Å². The fourth-order valence-corrected chi connectivity index (χ4v) is 3.69. The van der Waals surface area contributed by atoms with Crippen molar-refractivity contribution in [2.45, 2.75) is 24.5 Å². The van der Waals surface area contributed by atoms with Crippen LogP contribution in [0.25, 0.3) is 0 Å². The molecule has 0 radical (unpaired) electrons. The van der Waals surface area contributed by atoms with E-state index in [1.165, 1.54) is 6.42 Å². The molecule has 1 unspecified atom stereocenters. The quantitative estimate of drug-likeness (QED) is 0.251. The van der Waals surface area contributed by atoms with Crippen molar-refractivity contribution in [1.29, 1.82) is 0 Å². The van der Waals surface area contributed by atoms with Gasteiger partial charge < -0.3 is 16.0 Å². The van der Waals surface area contributed by atoms with Crippen molar-refractivity contribution in [1.82, 2.24) is 10.6 Å². The molecule has 0 spiro atoms. The first-order chi connectivity index (χ1) is 11.8. The van der Waals surface area contributed by atoms with Crippen molar-refractivity contribution in [3.05, 3.63) is 29.6 Å². The maximum absolute atomic E-state index is 13.5. The van der Waals surface area contributed by atoms with E-state index in [1.54, 1.807) is 7.05 Å². The number of amides is 1. The van der Waals surface area contributed by atoms with Gasteiger partial charge in [-0.2, -0.15) is 11.8 Å². The average molecular weight is 502 g/mol. The number of guanidine groups is 1. The zero-order chi connectivity index (χ0) is 18.4. The zero-order valence-electron chi connectivity index (χ0n) is 14.5. The summed E-state index contributed by atoms with van der Waals surface area (Å²) in [7, 11) is 1.58. The van der Waals surface area contributed by atoms with E-state index in [2.05, 4.69) is 27.9 Å². The van der Waals surface area contributed by atoms with Gasteiger partial charge in [-0.15, -0.1) is 24.0 Å². The minimum Gasteiger partial charge on any atom is -0.355 e. The lowest BCUT2D eigenvalue weighted by Crippen LogP contribution is -2.45. The average Bonchev–Trinajstić information content (AvgIpc) is 3.02. The smallest absolute Gasteiger partial charge is 0.243 e.